The highest BCUT2D eigenvalue weighted by Crippen LogP contribution is 2.49. The summed E-state index contributed by atoms with van der Waals surface area (Å²) in [6.07, 6.45) is 1.01. The SMILES string of the molecule is COc1ccc(C2(C#N)CC(C)(O)C2)cc1. The van der Waals surface area contributed by atoms with E-state index in [0.717, 1.165) is 11.3 Å². The minimum atomic E-state index is -0.699. The largest absolute Gasteiger partial charge is 0.497 e. The summed E-state index contributed by atoms with van der Waals surface area (Å²) >= 11 is 0. The maximum atomic E-state index is 9.77. The molecular formula is C13H15NO2. The molecule has 1 fully saturated rings. The molecule has 0 bridgehead atoms. The van der Waals surface area contributed by atoms with Gasteiger partial charge in [-0.1, -0.05) is 12.1 Å². The standard InChI is InChI=1S/C13H15NO2/c1-12(15)7-13(8-12,9-14)10-3-5-11(16-2)6-4-10/h3-6,15H,7-8H2,1-2H3. The van der Waals surface area contributed by atoms with Crippen molar-refractivity contribution in [2.45, 2.75) is 30.8 Å². The molecule has 2 rings (SSSR count). The summed E-state index contributed by atoms with van der Waals surface area (Å²) in [5, 5.41) is 19.0. The number of hydrogen-bond donors (Lipinski definition) is 1. The Morgan fingerprint density at radius 2 is 1.88 bits per heavy atom. The minimum Gasteiger partial charge on any atom is -0.497 e. The van der Waals surface area contributed by atoms with Crippen molar-refractivity contribution in [3.05, 3.63) is 29.8 Å². The summed E-state index contributed by atoms with van der Waals surface area (Å²) in [7, 11) is 1.61. The third-order valence-corrected chi connectivity index (χ3v) is 3.22. The zero-order valence-corrected chi connectivity index (χ0v) is 9.53. The van der Waals surface area contributed by atoms with E-state index in [4.69, 9.17) is 4.74 Å². The second-order valence-electron chi connectivity index (χ2n) is 4.77. The van der Waals surface area contributed by atoms with E-state index in [-0.39, 0.29) is 0 Å². The van der Waals surface area contributed by atoms with Crippen LogP contribution in [-0.2, 0) is 5.41 Å². The molecule has 1 N–H and O–H groups in total. The van der Waals surface area contributed by atoms with Crippen LogP contribution in [0, 0.1) is 11.3 Å². The smallest absolute Gasteiger partial charge is 0.118 e. The molecular weight excluding hydrogens is 202 g/mol. The molecule has 0 amide bonds. The van der Waals surface area contributed by atoms with Crippen LogP contribution in [0.4, 0.5) is 0 Å². The lowest BCUT2D eigenvalue weighted by Gasteiger charge is -2.47. The molecule has 0 aromatic heterocycles. The molecule has 0 aliphatic heterocycles. The second-order valence-corrected chi connectivity index (χ2v) is 4.77. The highest BCUT2D eigenvalue weighted by molar-refractivity contribution is 5.40. The molecule has 16 heavy (non-hydrogen) atoms. The zero-order valence-electron chi connectivity index (χ0n) is 9.53. The van der Waals surface area contributed by atoms with Gasteiger partial charge in [0.05, 0.1) is 24.2 Å². The van der Waals surface area contributed by atoms with Gasteiger partial charge in [-0.15, -0.1) is 0 Å². The van der Waals surface area contributed by atoms with Gasteiger partial charge in [0.2, 0.25) is 0 Å². The average Bonchev–Trinajstić information content (AvgIpc) is 2.25. The van der Waals surface area contributed by atoms with E-state index >= 15 is 0 Å². The Balaban J connectivity index is 2.27. The molecule has 1 saturated carbocycles. The number of rotatable bonds is 2. The van der Waals surface area contributed by atoms with Crippen LogP contribution in [0.3, 0.4) is 0 Å². The summed E-state index contributed by atoms with van der Waals surface area (Å²) in [5.74, 6) is 0.780. The first-order valence-electron chi connectivity index (χ1n) is 5.30. The second kappa shape index (κ2) is 3.50. The number of nitrogens with zero attached hydrogens (tertiary/aromatic N) is 1. The predicted molar refractivity (Wildman–Crippen MR) is 60.1 cm³/mol. The normalized spacial score (nSPS) is 32.6. The molecule has 3 heteroatoms. The fourth-order valence-electron chi connectivity index (χ4n) is 2.51. The first kappa shape index (κ1) is 11.0. The summed E-state index contributed by atoms with van der Waals surface area (Å²) < 4.78 is 5.08. The van der Waals surface area contributed by atoms with Gasteiger partial charge in [0.15, 0.2) is 0 Å². The lowest BCUT2D eigenvalue weighted by Crippen LogP contribution is -2.51. The van der Waals surface area contributed by atoms with Gasteiger partial charge in [0, 0.05) is 0 Å². The van der Waals surface area contributed by atoms with Crippen molar-refractivity contribution < 1.29 is 9.84 Å². The van der Waals surface area contributed by atoms with E-state index in [1.165, 1.54) is 0 Å². The molecule has 1 aromatic rings. The fourth-order valence-corrected chi connectivity index (χ4v) is 2.51. The number of nitriles is 1. The van der Waals surface area contributed by atoms with Crippen LogP contribution in [0.5, 0.6) is 5.75 Å². The lowest BCUT2D eigenvalue weighted by molar-refractivity contribution is -0.0556. The lowest BCUT2D eigenvalue weighted by atomic mass is 9.57. The van der Waals surface area contributed by atoms with Crippen molar-refractivity contribution in [3.63, 3.8) is 0 Å². The number of hydrogen-bond acceptors (Lipinski definition) is 3. The van der Waals surface area contributed by atoms with Crippen molar-refractivity contribution in [2.24, 2.45) is 0 Å². The van der Waals surface area contributed by atoms with Gasteiger partial charge in [-0.05, 0) is 37.5 Å². The summed E-state index contributed by atoms with van der Waals surface area (Å²) in [6.45, 7) is 1.77. The Kier molecular flexibility index (Phi) is 2.40. The van der Waals surface area contributed by atoms with Crippen molar-refractivity contribution in [2.75, 3.05) is 7.11 Å². The van der Waals surface area contributed by atoms with E-state index < -0.39 is 11.0 Å². The highest BCUT2D eigenvalue weighted by atomic mass is 16.5. The van der Waals surface area contributed by atoms with E-state index in [0.29, 0.717) is 12.8 Å². The third-order valence-electron chi connectivity index (χ3n) is 3.22. The van der Waals surface area contributed by atoms with Crippen molar-refractivity contribution in [3.8, 4) is 11.8 Å². The predicted octanol–water partition coefficient (Wildman–Crippen LogP) is 2.00. The Morgan fingerprint density at radius 1 is 1.31 bits per heavy atom. The van der Waals surface area contributed by atoms with Crippen molar-refractivity contribution in [1.29, 1.82) is 5.26 Å². The van der Waals surface area contributed by atoms with Crippen LogP contribution < -0.4 is 4.74 Å². The number of ether oxygens (including phenoxy) is 1. The van der Waals surface area contributed by atoms with E-state index in [1.807, 2.05) is 24.3 Å². The van der Waals surface area contributed by atoms with E-state index in [2.05, 4.69) is 6.07 Å². The van der Waals surface area contributed by atoms with Gasteiger partial charge >= 0.3 is 0 Å². The first-order chi connectivity index (χ1) is 7.51. The van der Waals surface area contributed by atoms with Gasteiger partial charge in [-0.3, -0.25) is 0 Å². The Bertz CT molecular complexity index is 420. The van der Waals surface area contributed by atoms with Gasteiger partial charge in [-0.25, -0.2) is 0 Å². The number of benzene rings is 1. The maximum absolute atomic E-state index is 9.77. The molecule has 84 valence electrons. The molecule has 0 radical (unpaired) electrons. The minimum absolute atomic E-state index is 0.503. The molecule has 0 unspecified atom stereocenters. The molecule has 1 aliphatic rings. The van der Waals surface area contributed by atoms with Crippen LogP contribution in [0.1, 0.15) is 25.3 Å². The first-order valence-corrected chi connectivity index (χ1v) is 5.30. The van der Waals surface area contributed by atoms with Gasteiger partial charge in [0.1, 0.15) is 5.75 Å². The van der Waals surface area contributed by atoms with E-state index in [1.54, 1.807) is 14.0 Å². The highest BCUT2D eigenvalue weighted by Gasteiger charge is 2.52. The van der Waals surface area contributed by atoms with Crippen LogP contribution in [0.25, 0.3) is 0 Å². The van der Waals surface area contributed by atoms with Gasteiger partial charge in [-0.2, -0.15) is 5.26 Å². The number of aliphatic hydroxyl groups is 1. The average molecular weight is 217 g/mol. The Morgan fingerprint density at radius 3 is 2.25 bits per heavy atom. The molecule has 0 heterocycles. The monoisotopic (exact) mass is 217 g/mol. The molecule has 0 spiro atoms. The topological polar surface area (TPSA) is 53.2 Å². The third kappa shape index (κ3) is 1.66. The van der Waals surface area contributed by atoms with Gasteiger partial charge in [0.25, 0.3) is 0 Å². The molecule has 0 saturated heterocycles. The van der Waals surface area contributed by atoms with Crippen LogP contribution in [-0.4, -0.2) is 17.8 Å². The molecule has 1 aromatic carbocycles. The summed E-state index contributed by atoms with van der Waals surface area (Å²) in [6, 6.07) is 9.82. The number of methoxy groups -OCH3 is 1. The molecule has 0 atom stereocenters. The van der Waals surface area contributed by atoms with Crippen molar-refractivity contribution in [1.82, 2.24) is 0 Å². The fraction of sp³-hybridized carbons (Fsp3) is 0.462. The van der Waals surface area contributed by atoms with Crippen LogP contribution in [0.15, 0.2) is 24.3 Å². The Hall–Kier alpha value is -1.53. The Labute approximate surface area is 95.3 Å². The molecule has 1 aliphatic carbocycles. The maximum Gasteiger partial charge on any atom is 0.118 e. The quantitative estimate of drug-likeness (QED) is 0.824. The summed E-state index contributed by atoms with van der Waals surface area (Å²) in [5.41, 5.74) is -0.256. The summed E-state index contributed by atoms with van der Waals surface area (Å²) in [4.78, 5) is 0. The van der Waals surface area contributed by atoms with Crippen LogP contribution in [0.2, 0.25) is 0 Å². The van der Waals surface area contributed by atoms with Gasteiger partial charge < -0.3 is 9.84 Å². The molecule has 3 nitrogen and oxygen atoms in total. The van der Waals surface area contributed by atoms with E-state index in [9.17, 15) is 10.4 Å². The van der Waals surface area contributed by atoms with Crippen LogP contribution >= 0.6 is 0 Å². The van der Waals surface area contributed by atoms with Crippen molar-refractivity contribution >= 4 is 0 Å². The zero-order chi connectivity index (χ0) is 11.8.